The number of halogens is 4. The maximum Gasteiger partial charge on any atom is 0.416 e. The van der Waals surface area contributed by atoms with Crippen LogP contribution in [0.1, 0.15) is 5.56 Å². The maximum absolute atomic E-state index is 12.7. The molecule has 0 saturated carbocycles. The molecule has 0 heterocycles. The number of hydrogen-bond donors (Lipinski definition) is 0. The van der Waals surface area contributed by atoms with Crippen LogP contribution in [0.15, 0.2) is 18.2 Å². The van der Waals surface area contributed by atoms with Gasteiger partial charge in [0.2, 0.25) is 10.0 Å². The average Bonchev–Trinajstić information content (AvgIpc) is 2.45. The largest absolute Gasteiger partial charge is 0.416 e. The zero-order valence-corrected chi connectivity index (χ0v) is 14.1. The highest BCUT2D eigenvalue weighted by atomic mass is 35.5. The normalized spacial score (nSPS) is 12.4. The number of methoxy groups -OCH3 is 1. The summed E-state index contributed by atoms with van der Waals surface area (Å²) in [5.41, 5.74) is -1.21. The van der Waals surface area contributed by atoms with Crippen molar-refractivity contribution in [1.29, 1.82) is 0 Å². The summed E-state index contributed by atoms with van der Waals surface area (Å²) in [6.07, 6.45) is -4.59. The molecule has 23 heavy (non-hydrogen) atoms. The van der Waals surface area contributed by atoms with Crippen LogP contribution in [0.4, 0.5) is 18.9 Å². The molecule has 132 valence electrons. The topological polar surface area (TPSA) is 55.8 Å². The van der Waals surface area contributed by atoms with Crippen molar-refractivity contribution in [3.05, 3.63) is 28.8 Å². The molecule has 1 rings (SSSR count). The number of nitrogens with zero attached hydrogens (tertiary/aromatic N) is 1. The van der Waals surface area contributed by atoms with Crippen LogP contribution < -0.4 is 4.31 Å². The van der Waals surface area contributed by atoms with E-state index in [1.807, 2.05) is 0 Å². The molecule has 0 radical (unpaired) electrons. The summed E-state index contributed by atoms with van der Waals surface area (Å²) >= 11 is 5.83. The van der Waals surface area contributed by atoms with Gasteiger partial charge in [0.1, 0.15) is 0 Å². The van der Waals surface area contributed by atoms with Crippen molar-refractivity contribution < 1.29 is 31.1 Å². The van der Waals surface area contributed by atoms with Crippen LogP contribution in [-0.4, -0.2) is 48.1 Å². The van der Waals surface area contributed by atoms with Crippen LogP contribution >= 0.6 is 11.6 Å². The molecule has 1 aromatic carbocycles. The molecule has 0 unspecified atom stereocenters. The molecular formula is C13H17ClF3NO4S. The summed E-state index contributed by atoms with van der Waals surface area (Å²) in [5.74, 6) is -0.389. The lowest BCUT2D eigenvalue weighted by Crippen LogP contribution is -2.31. The second-order valence-corrected chi connectivity index (χ2v) is 7.08. The first-order valence-corrected chi connectivity index (χ1v) is 8.48. The highest BCUT2D eigenvalue weighted by Gasteiger charge is 2.32. The Morgan fingerprint density at radius 1 is 1.22 bits per heavy atom. The SMILES string of the molecule is COCCOCCS(=O)(=O)N(C)c1cc(C(F)(F)F)ccc1Cl. The second-order valence-electron chi connectivity index (χ2n) is 4.55. The molecule has 0 spiro atoms. The zero-order chi connectivity index (χ0) is 17.7. The fourth-order valence-corrected chi connectivity index (χ4v) is 2.97. The molecule has 0 fully saturated rings. The highest BCUT2D eigenvalue weighted by molar-refractivity contribution is 7.92. The quantitative estimate of drug-likeness (QED) is 0.656. The number of sulfonamides is 1. The molecule has 1 aromatic rings. The fourth-order valence-electron chi connectivity index (χ4n) is 1.63. The van der Waals surface area contributed by atoms with Gasteiger partial charge in [-0.25, -0.2) is 8.42 Å². The molecule has 0 saturated heterocycles. The third-order valence-corrected chi connectivity index (χ3v) is 4.98. The molecule has 5 nitrogen and oxygen atoms in total. The van der Waals surface area contributed by atoms with Crippen LogP contribution in [0, 0.1) is 0 Å². The monoisotopic (exact) mass is 375 g/mol. The van der Waals surface area contributed by atoms with Crippen molar-refractivity contribution in [1.82, 2.24) is 0 Å². The number of hydrogen-bond acceptors (Lipinski definition) is 4. The Bertz CT molecular complexity index is 622. The summed E-state index contributed by atoms with van der Waals surface area (Å²) in [6.45, 7) is 0.433. The van der Waals surface area contributed by atoms with Gasteiger partial charge >= 0.3 is 6.18 Å². The first-order chi connectivity index (χ1) is 10.6. The van der Waals surface area contributed by atoms with Crippen LogP contribution in [0.3, 0.4) is 0 Å². The average molecular weight is 376 g/mol. The van der Waals surface area contributed by atoms with Crippen molar-refractivity contribution in [2.45, 2.75) is 6.18 Å². The first-order valence-electron chi connectivity index (χ1n) is 6.49. The summed E-state index contributed by atoms with van der Waals surface area (Å²) < 4.78 is 73.0. The van der Waals surface area contributed by atoms with Gasteiger partial charge in [-0.15, -0.1) is 0 Å². The predicted molar refractivity (Wildman–Crippen MR) is 81.3 cm³/mol. The zero-order valence-electron chi connectivity index (χ0n) is 12.6. The smallest absolute Gasteiger partial charge is 0.382 e. The summed E-state index contributed by atoms with van der Waals surface area (Å²) in [7, 11) is -1.25. The minimum absolute atomic E-state index is 0.0932. The van der Waals surface area contributed by atoms with E-state index >= 15 is 0 Å². The Morgan fingerprint density at radius 3 is 2.43 bits per heavy atom. The van der Waals surface area contributed by atoms with E-state index in [0.717, 1.165) is 23.5 Å². The van der Waals surface area contributed by atoms with Crippen molar-refractivity contribution in [2.24, 2.45) is 0 Å². The van der Waals surface area contributed by atoms with Crippen LogP contribution in [0.2, 0.25) is 5.02 Å². The number of benzene rings is 1. The standard InChI is InChI=1S/C13H17ClF3NO4S/c1-18(23(19,20)8-7-22-6-5-21-2)12-9-10(13(15,16)17)3-4-11(12)14/h3-4,9H,5-8H2,1-2H3. The Balaban J connectivity index is 2.88. The molecule has 0 aliphatic heterocycles. The van der Waals surface area contributed by atoms with Gasteiger partial charge in [0.15, 0.2) is 0 Å². The van der Waals surface area contributed by atoms with Crippen molar-refractivity contribution >= 4 is 27.3 Å². The number of ether oxygens (including phenoxy) is 2. The lowest BCUT2D eigenvalue weighted by molar-refractivity contribution is -0.137. The minimum atomic E-state index is -4.59. The third-order valence-electron chi connectivity index (χ3n) is 2.95. The number of alkyl halides is 3. The summed E-state index contributed by atoms with van der Waals surface area (Å²) in [4.78, 5) is 0. The van der Waals surface area contributed by atoms with Gasteiger partial charge < -0.3 is 9.47 Å². The van der Waals surface area contributed by atoms with Crippen LogP contribution in [0.5, 0.6) is 0 Å². The number of anilines is 1. The van der Waals surface area contributed by atoms with Crippen molar-refractivity contribution in [3.63, 3.8) is 0 Å². The van der Waals surface area contributed by atoms with Crippen molar-refractivity contribution in [3.8, 4) is 0 Å². The first kappa shape index (κ1) is 20.0. The van der Waals surface area contributed by atoms with E-state index in [1.54, 1.807) is 0 Å². The van der Waals surface area contributed by atoms with Gasteiger partial charge in [0.25, 0.3) is 0 Å². The lowest BCUT2D eigenvalue weighted by atomic mass is 10.2. The Morgan fingerprint density at radius 2 is 1.87 bits per heavy atom. The van der Waals surface area contributed by atoms with Gasteiger partial charge in [-0.2, -0.15) is 13.2 Å². The van der Waals surface area contributed by atoms with E-state index in [2.05, 4.69) is 0 Å². The number of rotatable bonds is 8. The molecule has 0 aliphatic carbocycles. The van der Waals surface area contributed by atoms with Crippen molar-refractivity contribution in [2.75, 3.05) is 44.0 Å². The highest BCUT2D eigenvalue weighted by Crippen LogP contribution is 2.35. The Hall–Kier alpha value is -1.03. The van der Waals surface area contributed by atoms with E-state index in [4.69, 9.17) is 21.1 Å². The molecule has 0 aromatic heterocycles. The third kappa shape index (κ3) is 5.83. The van der Waals surface area contributed by atoms with Gasteiger partial charge in [-0.1, -0.05) is 11.6 Å². The molecular weight excluding hydrogens is 359 g/mol. The van der Waals surface area contributed by atoms with E-state index in [0.29, 0.717) is 12.7 Å². The summed E-state index contributed by atoms with van der Waals surface area (Å²) in [5, 5.41) is -0.0932. The van der Waals surface area contributed by atoms with E-state index in [9.17, 15) is 21.6 Å². The lowest BCUT2D eigenvalue weighted by Gasteiger charge is -2.21. The fraction of sp³-hybridized carbons (Fsp3) is 0.538. The van der Waals surface area contributed by atoms with Gasteiger partial charge in [0, 0.05) is 14.2 Å². The molecule has 0 aliphatic rings. The Kier molecular flexibility index (Phi) is 7.12. The van der Waals surface area contributed by atoms with E-state index < -0.39 is 21.8 Å². The van der Waals surface area contributed by atoms with E-state index in [-0.39, 0.29) is 29.7 Å². The van der Waals surface area contributed by atoms with E-state index in [1.165, 1.54) is 7.11 Å². The minimum Gasteiger partial charge on any atom is -0.382 e. The van der Waals surface area contributed by atoms with Gasteiger partial charge in [-0.05, 0) is 18.2 Å². The molecule has 10 heteroatoms. The predicted octanol–water partition coefficient (Wildman–Crippen LogP) is 2.79. The molecule has 0 amide bonds. The van der Waals surface area contributed by atoms with Crippen LogP contribution in [-0.2, 0) is 25.7 Å². The summed E-state index contributed by atoms with van der Waals surface area (Å²) in [6, 6.07) is 2.51. The Labute approximate surface area is 138 Å². The maximum atomic E-state index is 12.7. The second kappa shape index (κ2) is 8.18. The van der Waals surface area contributed by atoms with Crippen LogP contribution in [0.25, 0.3) is 0 Å². The van der Waals surface area contributed by atoms with Gasteiger partial charge in [-0.3, -0.25) is 4.31 Å². The molecule has 0 N–H and O–H groups in total. The van der Waals surface area contributed by atoms with Gasteiger partial charge in [0.05, 0.1) is 41.8 Å². The molecule has 0 atom stereocenters. The molecule has 0 bridgehead atoms.